The first-order valence-corrected chi connectivity index (χ1v) is 15.1. The van der Waals surface area contributed by atoms with Gasteiger partial charge in [-0.15, -0.1) is 23.5 Å². The van der Waals surface area contributed by atoms with Crippen molar-refractivity contribution in [2.24, 2.45) is 11.8 Å². The van der Waals surface area contributed by atoms with Crippen molar-refractivity contribution >= 4 is 74.9 Å². The number of hydrogen-bond acceptors (Lipinski definition) is 6. The van der Waals surface area contributed by atoms with Gasteiger partial charge in [-0.05, 0) is 49.8 Å². The molecule has 0 amide bonds. The quantitative estimate of drug-likeness (QED) is 0.336. The molecule has 0 N–H and O–H groups in total. The van der Waals surface area contributed by atoms with Crippen LogP contribution in [0.2, 0.25) is 0 Å². The lowest BCUT2D eigenvalue weighted by Gasteiger charge is -2.39. The van der Waals surface area contributed by atoms with Gasteiger partial charge in [0.05, 0.1) is 21.6 Å². The number of allylic oxidation sites excluding steroid dienone is 1. The monoisotopic (exact) mass is 556 g/mol. The van der Waals surface area contributed by atoms with Crippen LogP contribution in [0.3, 0.4) is 0 Å². The number of thioether (sulfide) groups is 2. The van der Waals surface area contributed by atoms with Crippen LogP contribution in [0.4, 0.5) is 0 Å². The van der Waals surface area contributed by atoms with Crippen molar-refractivity contribution < 1.29 is 18.5 Å². The Balaban J connectivity index is 1.85. The number of halogens is 3. The van der Waals surface area contributed by atoms with Gasteiger partial charge < -0.3 is 9.47 Å². The molecule has 178 valence electrons. The third kappa shape index (κ3) is 7.30. The number of alkyl halides is 3. The minimum absolute atomic E-state index is 0.179. The Morgan fingerprint density at radius 2 is 1.91 bits per heavy atom. The second-order valence-electron chi connectivity index (χ2n) is 7.54. The number of ketones is 1. The van der Waals surface area contributed by atoms with Gasteiger partial charge in [0.25, 0.3) is 3.79 Å². The molecular formula is C22H27Cl3O4S3. The lowest BCUT2D eigenvalue weighted by atomic mass is 9.79. The maximum absolute atomic E-state index is 13.0. The number of benzene rings is 1. The molecule has 0 aromatic heterocycles. The Hall–Kier alpha value is 0.110. The summed E-state index contributed by atoms with van der Waals surface area (Å²) in [6.45, 7) is 2.36. The van der Waals surface area contributed by atoms with Gasteiger partial charge >= 0.3 is 0 Å². The standard InChI is InChI=1S/C22H27Cl3O4S3/c1-2-28-21-16(9-12-32(27)15-7-4-3-5-8-15)17(13-19-30-10-6-11-31-19)18(14-29-21)20(26)22(23,24)25/h3-5,7-8,14,16-17,19,21H,2,6,9-13H2,1H3/t16-,17-,21-,32?/m1/s1. The SMILES string of the molecule is CCO[C@@H]1OC=C(C(=O)C(Cl)(Cl)Cl)[C@H](CC2SCCCS2)[C@H]1CCS(=O)c1ccccc1. The molecule has 4 nitrogen and oxygen atoms in total. The van der Waals surface area contributed by atoms with E-state index in [1.165, 1.54) is 12.7 Å². The number of Topliss-reactive ketones (excluding diaryl/α,β-unsaturated/α-hetero) is 1. The summed E-state index contributed by atoms with van der Waals surface area (Å²) in [6, 6.07) is 9.37. The first-order valence-electron chi connectivity index (χ1n) is 10.6. The molecule has 2 aliphatic rings. The summed E-state index contributed by atoms with van der Waals surface area (Å²) in [6.07, 6.45) is 3.35. The van der Waals surface area contributed by atoms with Crippen LogP contribution in [0, 0.1) is 11.8 Å². The molecule has 0 spiro atoms. The Morgan fingerprint density at radius 1 is 1.22 bits per heavy atom. The first-order chi connectivity index (χ1) is 15.3. The lowest BCUT2D eigenvalue weighted by Crippen LogP contribution is -2.41. The number of rotatable bonds is 9. The Bertz CT molecular complexity index is 810. The normalized spacial score (nSPS) is 25.6. The molecule has 4 atom stereocenters. The largest absolute Gasteiger partial charge is 0.472 e. The Morgan fingerprint density at radius 3 is 2.53 bits per heavy atom. The Kier molecular flexibility index (Phi) is 10.6. The molecule has 2 heterocycles. The van der Waals surface area contributed by atoms with Gasteiger partial charge in [-0.2, -0.15) is 0 Å². The summed E-state index contributed by atoms with van der Waals surface area (Å²) in [4.78, 5) is 13.8. The van der Waals surface area contributed by atoms with E-state index >= 15 is 0 Å². The van der Waals surface area contributed by atoms with E-state index in [0.717, 1.165) is 22.8 Å². The molecular weight excluding hydrogens is 531 g/mol. The van der Waals surface area contributed by atoms with Gasteiger partial charge in [0.1, 0.15) is 0 Å². The highest BCUT2D eigenvalue weighted by Crippen LogP contribution is 2.45. The third-order valence-electron chi connectivity index (χ3n) is 5.43. The van der Waals surface area contributed by atoms with E-state index in [2.05, 4.69) is 0 Å². The van der Waals surface area contributed by atoms with Crippen molar-refractivity contribution in [2.75, 3.05) is 23.9 Å². The summed E-state index contributed by atoms with van der Waals surface area (Å²) in [5, 5.41) is 0. The van der Waals surface area contributed by atoms with E-state index in [1.54, 1.807) is 0 Å². The van der Waals surface area contributed by atoms with Crippen molar-refractivity contribution in [2.45, 2.75) is 45.7 Å². The molecule has 0 radical (unpaired) electrons. The van der Waals surface area contributed by atoms with Gasteiger partial charge in [-0.1, -0.05) is 53.0 Å². The van der Waals surface area contributed by atoms with Gasteiger partial charge in [-0.25, -0.2) is 0 Å². The van der Waals surface area contributed by atoms with Gasteiger partial charge in [-0.3, -0.25) is 9.00 Å². The smallest absolute Gasteiger partial charge is 0.253 e. The molecule has 0 bridgehead atoms. The van der Waals surface area contributed by atoms with Crippen LogP contribution in [-0.4, -0.2) is 48.5 Å². The van der Waals surface area contributed by atoms with Crippen molar-refractivity contribution in [3.05, 3.63) is 42.2 Å². The second-order valence-corrected chi connectivity index (χ2v) is 14.3. The van der Waals surface area contributed by atoms with Crippen LogP contribution in [-0.2, 0) is 25.1 Å². The zero-order valence-electron chi connectivity index (χ0n) is 17.7. The van der Waals surface area contributed by atoms with Gasteiger partial charge in [0.15, 0.2) is 0 Å². The van der Waals surface area contributed by atoms with Crippen molar-refractivity contribution in [3.8, 4) is 0 Å². The average molecular weight is 558 g/mol. The molecule has 32 heavy (non-hydrogen) atoms. The van der Waals surface area contributed by atoms with E-state index < -0.39 is 26.7 Å². The molecule has 10 heteroatoms. The average Bonchev–Trinajstić information content (AvgIpc) is 2.79. The van der Waals surface area contributed by atoms with E-state index in [0.29, 0.717) is 28.9 Å². The Labute approximate surface area is 215 Å². The van der Waals surface area contributed by atoms with Crippen molar-refractivity contribution in [3.63, 3.8) is 0 Å². The zero-order valence-corrected chi connectivity index (χ0v) is 22.4. The summed E-state index contributed by atoms with van der Waals surface area (Å²) in [5.74, 6) is 1.66. The molecule has 1 unspecified atom stereocenters. The number of ether oxygens (including phenoxy) is 2. The van der Waals surface area contributed by atoms with E-state index in [9.17, 15) is 9.00 Å². The fraction of sp³-hybridized carbons (Fsp3) is 0.591. The lowest BCUT2D eigenvalue weighted by molar-refractivity contribution is -0.159. The number of carbonyl (C=O) groups is 1. The fourth-order valence-electron chi connectivity index (χ4n) is 3.91. The van der Waals surface area contributed by atoms with Crippen LogP contribution in [0.15, 0.2) is 47.1 Å². The maximum Gasteiger partial charge on any atom is 0.253 e. The van der Waals surface area contributed by atoms with Crippen molar-refractivity contribution in [1.29, 1.82) is 0 Å². The predicted molar refractivity (Wildman–Crippen MR) is 137 cm³/mol. The van der Waals surface area contributed by atoms with Crippen LogP contribution in [0.25, 0.3) is 0 Å². The number of carbonyl (C=O) groups excluding carboxylic acids is 1. The predicted octanol–water partition coefficient (Wildman–Crippen LogP) is 6.22. The minimum Gasteiger partial charge on any atom is -0.472 e. The molecule has 3 rings (SSSR count). The van der Waals surface area contributed by atoms with Gasteiger partial charge in [0.2, 0.25) is 12.1 Å². The second kappa shape index (κ2) is 12.7. The van der Waals surface area contributed by atoms with Crippen LogP contribution in [0.5, 0.6) is 0 Å². The minimum atomic E-state index is -2.06. The molecule has 1 fully saturated rings. The summed E-state index contributed by atoms with van der Waals surface area (Å²) >= 11 is 21.7. The zero-order chi connectivity index (χ0) is 23.1. The maximum atomic E-state index is 13.0. The van der Waals surface area contributed by atoms with Crippen LogP contribution >= 0.6 is 58.3 Å². The molecule has 1 saturated heterocycles. The van der Waals surface area contributed by atoms with Gasteiger partial charge in [0, 0.05) is 34.7 Å². The van der Waals surface area contributed by atoms with Crippen molar-refractivity contribution in [1.82, 2.24) is 0 Å². The molecule has 2 aliphatic heterocycles. The highest BCUT2D eigenvalue weighted by Gasteiger charge is 2.45. The van der Waals surface area contributed by atoms with Crippen LogP contribution < -0.4 is 0 Å². The van der Waals surface area contributed by atoms with E-state index in [1.807, 2.05) is 60.8 Å². The molecule has 1 aromatic carbocycles. The highest BCUT2D eigenvalue weighted by atomic mass is 35.6. The first kappa shape index (κ1) is 26.7. The molecule has 0 saturated carbocycles. The topological polar surface area (TPSA) is 52.6 Å². The molecule has 0 aliphatic carbocycles. The summed E-state index contributed by atoms with van der Waals surface area (Å²) in [7, 11) is -1.17. The van der Waals surface area contributed by atoms with Crippen LogP contribution in [0.1, 0.15) is 26.2 Å². The molecule has 1 aromatic rings. The third-order valence-corrected chi connectivity index (χ3v) is 10.3. The van der Waals surface area contributed by atoms with E-state index in [4.69, 9.17) is 44.3 Å². The number of hydrogen-bond donors (Lipinski definition) is 0. The fourth-order valence-corrected chi connectivity index (χ4v) is 8.40. The summed E-state index contributed by atoms with van der Waals surface area (Å²) < 4.78 is 22.9. The highest BCUT2D eigenvalue weighted by molar-refractivity contribution is 8.17. The van der Waals surface area contributed by atoms with E-state index in [-0.39, 0.29) is 11.8 Å². The summed E-state index contributed by atoms with van der Waals surface area (Å²) in [5.41, 5.74) is 0.378.